The molecule has 1 aromatic heterocycles. The number of ether oxygens (including phenoxy) is 1. The van der Waals surface area contributed by atoms with Gasteiger partial charge >= 0.3 is 6.18 Å². The minimum atomic E-state index is -4.42. The van der Waals surface area contributed by atoms with Gasteiger partial charge in [0.05, 0.1) is 12.2 Å². The molecule has 0 radical (unpaired) electrons. The summed E-state index contributed by atoms with van der Waals surface area (Å²) >= 11 is 0. The van der Waals surface area contributed by atoms with Crippen LogP contribution in [0.1, 0.15) is 12.0 Å². The Labute approximate surface area is 114 Å². The monoisotopic (exact) mass is 290 g/mol. The largest absolute Gasteiger partial charge is 0.416 e. The van der Waals surface area contributed by atoms with Crippen molar-refractivity contribution in [1.29, 1.82) is 0 Å². The Morgan fingerprint density at radius 2 is 2.25 bits per heavy atom. The van der Waals surface area contributed by atoms with E-state index in [9.17, 15) is 13.2 Å². The second-order valence-electron chi connectivity index (χ2n) is 4.80. The molecule has 0 bridgehead atoms. The van der Waals surface area contributed by atoms with E-state index in [0.717, 1.165) is 18.6 Å². The maximum absolute atomic E-state index is 12.8. The number of hydrazine groups is 1. The van der Waals surface area contributed by atoms with Crippen LogP contribution in [0.15, 0.2) is 12.1 Å². The maximum atomic E-state index is 12.8. The Morgan fingerprint density at radius 3 is 2.85 bits per heavy atom. The molecular weight excluding hydrogens is 273 g/mol. The molecular formula is C12H17F3N4O. The summed E-state index contributed by atoms with van der Waals surface area (Å²) in [5.74, 6) is 5.79. The fraction of sp³-hybridized carbons (Fsp3) is 0.583. The molecule has 1 aliphatic rings. The van der Waals surface area contributed by atoms with E-state index in [1.807, 2.05) is 4.90 Å². The molecule has 1 fully saturated rings. The third-order valence-corrected chi connectivity index (χ3v) is 3.30. The number of nitrogens with zero attached hydrogens (tertiary/aromatic N) is 2. The SMILES string of the molecule is COCC1CCN(c2cc(C(F)(F)F)cc(NN)n2)C1. The molecule has 3 N–H and O–H groups in total. The van der Waals surface area contributed by atoms with Crippen molar-refractivity contribution < 1.29 is 17.9 Å². The number of nitrogen functional groups attached to an aromatic ring is 1. The highest BCUT2D eigenvalue weighted by Gasteiger charge is 2.33. The van der Waals surface area contributed by atoms with E-state index in [-0.39, 0.29) is 11.6 Å². The van der Waals surface area contributed by atoms with Crippen LogP contribution in [0, 0.1) is 5.92 Å². The molecule has 2 heterocycles. The molecule has 0 aromatic carbocycles. The summed E-state index contributed by atoms with van der Waals surface area (Å²) < 4.78 is 43.6. The van der Waals surface area contributed by atoms with Gasteiger partial charge in [-0.25, -0.2) is 10.8 Å². The third kappa shape index (κ3) is 3.31. The van der Waals surface area contributed by atoms with E-state index < -0.39 is 11.7 Å². The average molecular weight is 290 g/mol. The van der Waals surface area contributed by atoms with Crippen molar-refractivity contribution in [3.05, 3.63) is 17.7 Å². The first-order valence-electron chi connectivity index (χ1n) is 6.24. The van der Waals surface area contributed by atoms with Gasteiger partial charge in [-0.1, -0.05) is 0 Å². The van der Waals surface area contributed by atoms with E-state index in [1.54, 1.807) is 7.11 Å². The van der Waals surface area contributed by atoms with Crippen LogP contribution in [-0.2, 0) is 10.9 Å². The predicted molar refractivity (Wildman–Crippen MR) is 69.2 cm³/mol. The number of hydrogen-bond donors (Lipinski definition) is 2. The number of pyridine rings is 1. The molecule has 20 heavy (non-hydrogen) atoms. The molecule has 1 aliphatic heterocycles. The molecule has 1 aromatic rings. The fourth-order valence-electron chi connectivity index (χ4n) is 2.33. The van der Waals surface area contributed by atoms with Crippen LogP contribution in [0.25, 0.3) is 0 Å². The number of hydrogen-bond acceptors (Lipinski definition) is 5. The molecule has 1 atom stereocenters. The molecule has 5 nitrogen and oxygen atoms in total. The number of methoxy groups -OCH3 is 1. The van der Waals surface area contributed by atoms with Gasteiger partial charge in [-0.3, -0.25) is 0 Å². The number of nitrogens with two attached hydrogens (primary N) is 1. The van der Waals surface area contributed by atoms with Gasteiger partial charge < -0.3 is 15.1 Å². The Morgan fingerprint density at radius 1 is 1.50 bits per heavy atom. The predicted octanol–water partition coefficient (Wildman–Crippen LogP) is 1.86. The number of nitrogens with one attached hydrogen (secondary N) is 1. The molecule has 112 valence electrons. The van der Waals surface area contributed by atoms with Crippen LogP contribution in [0.3, 0.4) is 0 Å². The summed E-state index contributed by atoms with van der Waals surface area (Å²) in [7, 11) is 1.61. The second kappa shape index (κ2) is 5.84. The van der Waals surface area contributed by atoms with Gasteiger partial charge in [-0.2, -0.15) is 13.2 Å². The zero-order valence-electron chi connectivity index (χ0n) is 11.1. The molecule has 0 spiro atoms. The number of anilines is 2. The van der Waals surface area contributed by atoms with Crippen LogP contribution in [0.4, 0.5) is 24.8 Å². The zero-order chi connectivity index (χ0) is 14.8. The van der Waals surface area contributed by atoms with E-state index >= 15 is 0 Å². The summed E-state index contributed by atoms with van der Waals surface area (Å²) in [5.41, 5.74) is 1.42. The first kappa shape index (κ1) is 14.9. The summed E-state index contributed by atoms with van der Waals surface area (Å²) in [6.45, 7) is 1.88. The summed E-state index contributed by atoms with van der Waals surface area (Å²) in [6.07, 6.45) is -3.55. The minimum Gasteiger partial charge on any atom is -0.384 e. The quantitative estimate of drug-likeness (QED) is 0.654. The lowest BCUT2D eigenvalue weighted by molar-refractivity contribution is -0.137. The Balaban J connectivity index is 2.23. The lowest BCUT2D eigenvalue weighted by Gasteiger charge is -2.20. The van der Waals surface area contributed by atoms with Gasteiger partial charge in [0.2, 0.25) is 0 Å². The van der Waals surface area contributed by atoms with Gasteiger partial charge in [0.15, 0.2) is 0 Å². The standard InChI is InChI=1S/C12H17F3N4O/c1-20-7-8-2-3-19(6-8)11-5-9(12(13,14)15)4-10(17-11)18-16/h4-5,8H,2-3,6-7,16H2,1H3,(H,17,18). The summed E-state index contributed by atoms with van der Waals surface area (Å²) in [5, 5.41) is 0. The van der Waals surface area contributed by atoms with Crippen molar-refractivity contribution >= 4 is 11.6 Å². The van der Waals surface area contributed by atoms with Crippen molar-refractivity contribution in [1.82, 2.24) is 4.98 Å². The van der Waals surface area contributed by atoms with Crippen LogP contribution in [-0.4, -0.2) is 31.8 Å². The van der Waals surface area contributed by atoms with Crippen molar-refractivity contribution in [3.8, 4) is 0 Å². The summed E-state index contributed by atoms with van der Waals surface area (Å²) in [6, 6.07) is 1.95. The highest BCUT2D eigenvalue weighted by atomic mass is 19.4. The Kier molecular flexibility index (Phi) is 4.34. The summed E-state index contributed by atoms with van der Waals surface area (Å²) in [4.78, 5) is 5.91. The zero-order valence-corrected chi connectivity index (χ0v) is 11.1. The average Bonchev–Trinajstić information content (AvgIpc) is 2.86. The van der Waals surface area contributed by atoms with E-state index in [1.165, 1.54) is 0 Å². The van der Waals surface area contributed by atoms with Gasteiger partial charge in [0, 0.05) is 26.1 Å². The van der Waals surface area contributed by atoms with Crippen LogP contribution < -0.4 is 16.2 Å². The lowest BCUT2D eigenvalue weighted by atomic mass is 10.1. The number of alkyl halides is 3. The molecule has 0 amide bonds. The second-order valence-corrected chi connectivity index (χ2v) is 4.80. The Bertz CT molecular complexity index is 467. The normalized spacial score (nSPS) is 19.4. The molecule has 0 aliphatic carbocycles. The van der Waals surface area contributed by atoms with Crippen LogP contribution in [0.5, 0.6) is 0 Å². The number of aromatic nitrogens is 1. The first-order valence-corrected chi connectivity index (χ1v) is 6.24. The van der Waals surface area contributed by atoms with Crippen molar-refractivity contribution in [2.45, 2.75) is 12.6 Å². The van der Waals surface area contributed by atoms with E-state index in [2.05, 4.69) is 10.4 Å². The maximum Gasteiger partial charge on any atom is 0.416 e. The highest BCUT2D eigenvalue weighted by Crippen LogP contribution is 2.33. The van der Waals surface area contributed by atoms with E-state index in [0.29, 0.717) is 25.6 Å². The smallest absolute Gasteiger partial charge is 0.384 e. The molecule has 8 heteroatoms. The van der Waals surface area contributed by atoms with E-state index in [4.69, 9.17) is 10.6 Å². The van der Waals surface area contributed by atoms with Gasteiger partial charge in [0.25, 0.3) is 0 Å². The fourth-order valence-corrected chi connectivity index (χ4v) is 2.33. The van der Waals surface area contributed by atoms with Gasteiger partial charge in [-0.05, 0) is 18.6 Å². The van der Waals surface area contributed by atoms with Crippen molar-refractivity contribution in [3.63, 3.8) is 0 Å². The van der Waals surface area contributed by atoms with Crippen LogP contribution in [0.2, 0.25) is 0 Å². The topological polar surface area (TPSA) is 63.4 Å². The molecule has 0 saturated carbocycles. The molecule has 2 rings (SSSR count). The minimum absolute atomic E-state index is 0.00464. The number of rotatable bonds is 4. The van der Waals surface area contributed by atoms with Crippen molar-refractivity contribution in [2.75, 3.05) is 37.1 Å². The van der Waals surface area contributed by atoms with Crippen molar-refractivity contribution in [2.24, 2.45) is 11.8 Å². The van der Waals surface area contributed by atoms with Crippen LogP contribution >= 0.6 is 0 Å². The third-order valence-electron chi connectivity index (χ3n) is 3.30. The first-order chi connectivity index (χ1) is 9.44. The molecule has 1 saturated heterocycles. The molecule has 1 unspecified atom stereocenters. The van der Waals surface area contributed by atoms with Gasteiger partial charge in [0.1, 0.15) is 11.6 Å². The number of halogens is 3. The highest BCUT2D eigenvalue weighted by molar-refractivity contribution is 5.51. The lowest BCUT2D eigenvalue weighted by Crippen LogP contribution is -2.23. The van der Waals surface area contributed by atoms with Gasteiger partial charge in [-0.15, -0.1) is 0 Å². The Hall–Kier alpha value is -1.54.